The molecule has 3 atom stereocenters. The van der Waals surface area contributed by atoms with E-state index in [0.717, 1.165) is 19.4 Å². The van der Waals surface area contributed by atoms with Gasteiger partial charge in [0, 0.05) is 12.6 Å². The number of hydrogen-bond donors (Lipinski definition) is 2. The summed E-state index contributed by atoms with van der Waals surface area (Å²) in [5, 5.41) is 11.8. The Morgan fingerprint density at radius 1 is 1.35 bits per heavy atom. The Balaban J connectivity index is 2.71. The van der Waals surface area contributed by atoms with Crippen LogP contribution in [0.4, 0.5) is 0 Å². The van der Waals surface area contributed by atoms with Gasteiger partial charge in [0.2, 0.25) is 11.8 Å². The minimum absolute atomic E-state index is 0.0541. The van der Waals surface area contributed by atoms with E-state index in [4.69, 9.17) is 5.11 Å². The number of carbonyl (C=O) groups is 3. The number of amides is 2. The van der Waals surface area contributed by atoms with Crippen LogP contribution < -0.4 is 5.32 Å². The molecule has 2 unspecified atom stereocenters. The summed E-state index contributed by atoms with van der Waals surface area (Å²) in [4.78, 5) is 39.6. The molecule has 1 fully saturated rings. The zero-order valence-electron chi connectivity index (χ0n) is 16.8. The summed E-state index contributed by atoms with van der Waals surface area (Å²) in [6, 6.07) is -0.552. The molecule has 7 heteroatoms. The van der Waals surface area contributed by atoms with Gasteiger partial charge in [-0.3, -0.25) is 14.5 Å². The van der Waals surface area contributed by atoms with E-state index < -0.39 is 5.97 Å². The minimum atomic E-state index is -1.00. The van der Waals surface area contributed by atoms with Gasteiger partial charge in [0.15, 0.2) is 0 Å². The van der Waals surface area contributed by atoms with Gasteiger partial charge >= 0.3 is 5.97 Å². The molecule has 0 aromatic rings. The molecule has 0 aromatic heterocycles. The molecule has 1 aliphatic rings. The highest BCUT2D eigenvalue weighted by atomic mass is 16.4. The highest BCUT2D eigenvalue weighted by Gasteiger charge is 2.32. The molecule has 26 heavy (non-hydrogen) atoms. The number of nitrogens with zero attached hydrogens (tertiary/aromatic N) is 2. The van der Waals surface area contributed by atoms with E-state index in [-0.39, 0.29) is 47.9 Å². The van der Waals surface area contributed by atoms with Crippen LogP contribution in [-0.4, -0.2) is 72.0 Å². The van der Waals surface area contributed by atoms with Gasteiger partial charge in [-0.1, -0.05) is 26.8 Å². The second-order valence-corrected chi connectivity index (χ2v) is 7.66. The van der Waals surface area contributed by atoms with E-state index in [1.165, 1.54) is 11.8 Å². The van der Waals surface area contributed by atoms with Gasteiger partial charge in [0.1, 0.15) is 0 Å². The topological polar surface area (TPSA) is 90.0 Å². The summed E-state index contributed by atoms with van der Waals surface area (Å²) in [5.74, 6) is -1.05. The van der Waals surface area contributed by atoms with Crippen LogP contribution >= 0.6 is 0 Å². The first kappa shape index (κ1) is 22.2. The van der Waals surface area contributed by atoms with Crippen LogP contribution in [0.5, 0.6) is 0 Å². The summed E-state index contributed by atoms with van der Waals surface area (Å²) in [6.07, 6.45) is 3.67. The van der Waals surface area contributed by atoms with Crippen LogP contribution in [0, 0.1) is 11.8 Å². The van der Waals surface area contributed by atoms with Crippen molar-refractivity contribution < 1.29 is 19.5 Å². The lowest BCUT2D eigenvalue weighted by Crippen LogP contribution is -2.53. The molecule has 0 spiro atoms. The molecular weight excluding hydrogens is 334 g/mol. The third kappa shape index (κ3) is 5.83. The fourth-order valence-corrected chi connectivity index (χ4v) is 3.49. The summed E-state index contributed by atoms with van der Waals surface area (Å²) < 4.78 is 0. The molecule has 2 amide bonds. The first-order chi connectivity index (χ1) is 12.1. The van der Waals surface area contributed by atoms with Crippen LogP contribution in [0.1, 0.15) is 40.5 Å². The predicted octanol–water partition coefficient (Wildman–Crippen LogP) is 1.35. The fourth-order valence-electron chi connectivity index (χ4n) is 3.49. The number of aliphatic carboxylic acids is 1. The molecule has 0 aromatic carbocycles. The third-order valence-corrected chi connectivity index (χ3v) is 5.15. The maximum atomic E-state index is 12.5. The number of hydrogen-bond acceptors (Lipinski definition) is 4. The van der Waals surface area contributed by atoms with Crippen molar-refractivity contribution in [2.24, 2.45) is 11.8 Å². The minimum Gasteiger partial charge on any atom is -0.478 e. The molecule has 0 aliphatic carbocycles. The first-order valence-electron chi connectivity index (χ1n) is 9.21. The Hall–Kier alpha value is -1.89. The highest BCUT2D eigenvalue weighted by Crippen LogP contribution is 2.21. The SMILES string of the molecule is C/C(=C\[C@H](C(C)C)N(C)C(=O)CNC(=O)C1C(C)CCCN1C)C(=O)O. The van der Waals surface area contributed by atoms with Gasteiger partial charge in [-0.25, -0.2) is 4.79 Å². The van der Waals surface area contributed by atoms with E-state index in [1.807, 2.05) is 25.8 Å². The van der Waals surface area contributed by atoms with Crippen LogP contribution in [-0.2, 0) is 14.4 Å². The number of likely N-dealkylation sites (N-methyl/N-ethyl adjacent to an activating group) is 2. The predicted molar refractivity (Wildman–Crippen MR) is 101 cm³/mol. The Morgan fingerprint density at radius 2 is 1.96 bits per heavy atom. The summed E-state index contributed by atoms with van der Waals surface area (Å²) in [6.45, 7) is 8.22. The zero-order valence-corrected chi connectivity index (χ0v) is 16.8. The van der Waals surface area contributed by atoms with Crippen LogP contribution in [0.25, 0.3) is 0 Å². The molecule has 2 N–H and O–H groups in total. The fraction of sp³-hybridized carbons (Fsp3) is 0.737. The van der Waals surface area contributed by atoms with Gasteiger partial charge in [-0.05, 0) is 45.2 Å². The Labute approximate surface area is 156 Å². The van der Waals surface area contributed by atoms with Crippen molar-refractivity contribution in [3.05, 3.63) is 11.6 Å². The number of nitrogens with one attached hydrogen (secondary N) is 1. The average Bonchev–Trinajstić information content (AvgIpc) is 2.56. The highest BCUT2D eigenvalue weighted by molar-refractivity contribution is 5.88. The Kier molecular flexibility index (Phi) is 8.27. The van der Waals surface area contributed by atoms with Crippen molar-refractivity contribution in [3.63, 3.8) is 0 Å². The molecule has 1 rings (SSSR count). The van der Waals surface area contributed by atoms with Crippen LogP contribution in [0.15, 0.2) is 11.6 Å². The first-order valence-corrected chi connectivity index (χ1v) is 9.21. The van der Waals surface area contributed by atoms with Crippen molar-refractivity contribution in [2.45, 2.75) is 52.6 Å². The molecule has 0 saturated carbocycles. The lowest BCUT2D eigenvalue weighted by molar-refractivity contribution is -0.136. The van der Waals surface area contributed by atoms with E-state index in [2.05, 4.69) is 12.2 Å². The number of carboxylic acids is 1. The van der Waals surface area contributed by atoms with Crippen molar-refractivity contribution in [2.75, 3.05) is 27.2 Å². The Bertz CT molecular complexity index is 549. The van der Waals surface area contributed by atoms with Crippen molar-refractivity contribution >= 4 is 17.8 Å². The largest absolute Gasteiger partial charge is 0.478 e. The molecule has 1 aliphatic heterocycles. The molecule has 0 bridgehead atoms. The molecule has 7 nitrogen and oxygen atoms in total. The van der Waals surface area contributed by atoms with E-state index in [1.54, 1.807) is 13.1 Å². The lowest BCUT2D eigenvalue weighted by atomic mass is 9.90. The lowest BCUT2D eigenvalue weighted by Gasteiger charge is -2.36. The van der Waals surface area contributed by atoms with Crippen molar-refractivity contribution in [3.8, 4) is 0 Å². The number of carboxylic acid groups (broad SMARTS) is 1. The standard InChI is InChI=1S/C19H33N3O4/c1-12(2)15(10-14(4)19(25)26)22(6)16(23)11-20-18(24)17-13(3)8-7-9-21(17)5/h10,12-13,15,17H,7-9,11H2,1-6H3,(H,20,24)(H,25,26)/b14-10+/t13?,15-,17?/m1/s1. The molecule has 0 radical (unpaired) electrons. The number of rotatable bonds is 7. The maximum Gasteiger partial charge on any atom is 0.331 e. The Morgan fingerprint density at radius 3 is 2.46 bits per heavy atom. The average molecular weight is 367 g/mol. The second kappa shape index (κ2) is 9.71. The maximum absolute atomic E-state index is 12.5. The molecule has 1 saturated heterocycles. The summed E-state index contributed by atoms with van der Waals surface area (Å²) in [5.41, 5.74) is 0.199. The third-order valence-electron chi connectivity index (χ3n) is 5.15. The normalized spacial score (nSPS) is 22.8. The van der Waals surface area contributed by atoms with E-state index >= 15 is 0 Å². The summed E-state index contributed by atoms with van der Waals surface area (Å²) in [7, 11) is 3.57. The van der Waals surface area contributed by atoms with Gasteiger partial charge in [0.05, 0.1) is 18.6 Å². The molecule has 1 heterocycles. The van der Waals surface area contributed by atoms with Gasteiger partial charge in [0.25, 0.3) is 0 Å². The van der Waals surface area contributed by atoms with E-state index in [9.17, 15) is 14.4 Å². The number of likely N-dealkylation sites (tertiary alicyclic amines) is 1. The van der Waals surface area contributed by atoms with Gasteiger partial charge in [-0.2, -0.15) is 0 Å². The molecule has 148 valence electrons. The number of carbonyl (C=O) groups excluding carboxylic acids is 2. The smallest absolute Gasteiger partial charge is 0.331 e. The quantitative estimate of drug-likeness (QED) is 0.663. The number of piperidine rings is 1. The van der Waals surface area contributed by atoms with Crippen molar-refractivity contribution in [1.29, 1.82) is 0 Å². The molecular formula is C19H33N3O4. The summed E-state index contributed by atoms with van der Waals surface area (Å²) >= 11 is 0. The van der Waals surface area contributed by atoms with E-state index in [0.29, 0.717) is 0 Å². The van der Waals surface area contributed by atoms with Gasteiger partial charge < -0.3 is 15.3 Å². The van der Waals surface area contributed by atoms with Crippen molar-refractivity contribution in [1.82, 2.24) is 15.1 Å². The van der Waals surface area contributed by atoms with Crippen LogP contribution in [0.3, 0.4) is 0 Å². The monoisotopic (exact) mass is 367 g/mol. The van der Waals surface area contributed by atoms with Gasteiger partial charge in [-0.15, -0.1) is 0 Å². The zero-order chi connectivity index (χ0) is 20.0. The second-order valence-electron chi connectivity index (χ2n) is 7.66. The van der Waals surface area contributed by atoms with Crippen LogP contribution in [0.2, 0.25) is 0 Å².